The third-order valence-electron chi connectivity index (χ3n) is 3.14. The summed E-state index contributed by atoms with van der Waals surface area (Å²) in [6.45, 7) is 2.22. The first-order chi connectivity index (χ1) is 8.83. The number of benzene rings is 1. The fourth-order valence-electron chi connectivity index (χ4n) is 2.01. The van der Waals surface area contributed by atoms with Gasteiger partial charge in [-0.3, -0.25) is 0 Å². The molecule has 0 spiro atoms. The van der Waals surface area contributed by atoms with Crippen molar-refractivity contribution < 1.29 is 5.11 Å². The number of rotatable bonds is 9. The van der Waals surface area contributed by atoms with Crippen molar-refractivity contribution in [2.24, 2.45) is 0 Å². The Kier molecular flexibility index (Phi) is 8.03. The van der Waals surface area contributed by atoms with Gasteiger partial charge in [0.25, 0.3) is 0 Å². The quantitative estimate of drug-likeness (QED) is 0.466. The van der Waals surface area contributed by atoms with Crippen molar-refractivity contribution in [1.82, 2.24) is 0 Å². The highest BCUT2D eigenvalue weighted by Gasteiger charge is 1.94. The number of hydrogen-bond acceptors (Lipinski definition) is 1. The second-order valence-electron chi connectivity index (χ2n) is 4.88. The monoisotopic (exact) mass is 246 g/mol. The minimum absolute atomic E-state index is 0.359. The van der Waals surface area contributed by atoms with Crippen molar-refractivity contribution in [2.45, 2.75) is 58.3 Å². The molecule has 0 atom stereocenters. The molecule has 1 aromatic rings. The van der Waals surface area contributed by atoms with Gasteiger partial charge in [0.15, 0.2) is 0 Å². The molecule has 0 aromatic heterocycles. The van der Waals surface area contributed by atoms with Gasteiger partial charge in [0.2, 0.25) is 0 Å². The molecule has 1 heteroatoms. The van der Waals surface area contributed by atoms with Crippen molar-refractivity contribution in [1.29, 1.82) is 0 Å². The van der Waals surface area contributed by atoms with Crippen LogP contribution in [0.1, 0.15) is 57.4 Å². The molecule has 0 saturated carbocycles. The molecule has 1 aromatic carbocycles. The van der Waals surface area contributed by atoms with Gasteiger partial charge in [0.05, 0.1) is 0 Å². The van der Waals surface area contributed by atoms with Gasteiger partial charge in [-0.05, 0) is 49.8 Å². The summed E-state index contributed by atoms with van der Waals surface area (Å²) in [5.74, 6) is 0.359. The Bertz CT molecular complexity index is 324. The lowest BCUT2D eigenvalue weighted by Crippen LogP contribution is -1.85. The molecule has 0 aliphatic carbocycles. The van der Waals surface area contributed by atoms with E-state index in [4.69, 9.17) is 0 Å². The molecule has 1 nitrogen and oxygen atoms in total. The molecular formula is C17H26O. The average Bonchev–Trinajstić information content (AvgIpc) is 2.39. The lowest BCUT2D eigenvalue weighted by atomic mass is 10.1. The van der Waals surface area contributed by atoms with Crippen LogP contribution in [0.4, 0.5) is 0 Å². The van der Waals surface area contributed by atoms with Gasteiger partial charge in [0, 0.05) is 0 Å². The summed E-state index contributed by atoms with van der Waals surface area (Å²) in [4.78, 5) is 0. The Labute approximate surface area is 112 Å². The van der Waals surface area contributed by atoms with Crippen LogP contribution in [-0.2, 0) is 6.42 Å². The van der Waals surface area contributed by atoms with E-state index in [1.165, 1.54) is 50.5 Å². The molecule has 100 valence electrons. The maximum absolute atomic E-state index is 9.18. The summed E-state index contributed by atoms with van der Waals surface area (Å²) < 4.78 is 0. The van der Waals surface area contributed by atoms with Crippen LogP contribution in [0.15, 0.2) is 36.4 Å². The summed E-state index contributed by atoms with van der Waals surface area (Å²) in [7, 11) is 0. The van der Waals surface area contributed by atoms with Gasteiger partial charge in [0.1, 0.15) is 5.75 Å². The molecule has 1 N–H and O–H groups in total. The van der Waals surface area contributed by atoms with E-state index in [0.717, 1.165) is 6.42 Å². The smallest absolute Gasteiger partial charge is 0.115 e. The van der Waals surface area contributed by atoms with Gasteiger partial charge in [-0.1, -0.05) is 50.5 Å². The Hall–Kier alpha value is -1.24. The minimum Gasteiger partial charge on any atom is -0.508 e. The molecule has 1 rings (SSSR count). The van der Waals surface area contributed by atoms with Crippen LogP contribution in [0.5, 0.6) is 5.75 Å². The van der Waals surface area contributed by atoms with E-state index in [9.17, 15) is 5.11 Å². The van der Waals surface area contributed by atoms with Gasteiger partial charge in [-0.25, -0.2) is 0 Å². The van der Waals surface area contributed by atoms with Crippen LogP contribution in [0.25, 0.3) is 0 Å². The summed E-state index contributed by atoms with van der Waals surface area (Å²) in [5, 5.41) is 9.18. The largest absolute Gasteiger partial charge is 0.508 e. The molecule has 0 aliphatic heterocycles. The van der Waals surface area contributed by atoms with E-state index < -0.39 is 0 Å². The van der Waals surface area contributed by atoms with Crippen molar-refractivity contribution in [3.05, 3.63) is 42.0 Å². The Morgan fingerprint density at radius 3 is 2.28 bits per heavy atom. The summed E-state index contributed by atoms with van der Waals surface area (Å²) in [5.41, 5.74) is 1.33. The molecule has 0 amide bonds. The van der Waals surface area contributed by atoms with Gasteiger partial charge in [-0.15, -0.1) is 0 Å². The number of phenolic OH excluding ortho intramolecular Hbond substituents is 1. The zero-order valence-corrected chi connectivity index (χ0v) is 11.6. The maximum atomic E-state index is 9.18. The number of aromatic hydroxyl groups is 1. The molecule has 0 unspecified atom stereocenters. The number of phenols is 1. The number of aryl methyl sites for hydroxylation is 1. The van der Waals surface area contributed by atoms with Crippen LogP contribution in [-0.4, -0.2) is 5.11 Å². The van der Waals surface area contributed by atoms with Crippen LogP contribution in [0.2, 0.25) is 0 Å². The zero-order chi connectivity index (χ0) is 13.1. The summed E-state index contributed by atoms with van der Waals surface area (Å²) in [6, 6.07) is 7.58. The van der Waals surface area contributed by atoms with Crippen molar-refractivity contribution in [2.75, 3.05) is 0 Å². The lowest BCUT2D eigenvalue weighted by molar-refractivity contribution is 0.475. The van der Waals surface area contributed by atoms with Crippen LogP contribution < -0.4 is 0 Å². The topological polar surface area (TPSA) is 20.2 Å². The van der Waals surface area contributed by atoms with E-state index in [-0.39, 0.29) is 0 Å². The highest BCUT2D eigenvalue weighted by Crippen LogP contribution is 2.13. The van der Waals surface area contributed by atoms with Gasteiger partial charge < -0.3 is 5.11 Å². The van der Waals surface area contributed by atoms with E-state index in [1.807, 2.05) is 12.1 Å². The Morgan fingerprint density at radius 1 is 0.889 bits per heavy atom. The minimum atomic E-state index is 0.359. The zero-order valence-electron chi connectivity index (χ0n) is 11.6. The fourth-order valence-corrected chi connectivity index (χ4v) is 2.01. The Balaban J connectivity index is 1.97. The summed E-state index contributed by atoms with van der Waals surface area (Å²) >= 11 is 0. The Morgan fingerprint density at radius 2 is 1.56 bits per heavy atom. The van der Waals surface area contributed by atoms with Crippen molar-refractivity contribution in [3.63, 3.8) is 0 Å². The molecule has 0 saturated heterocycles. The second kappa shape index (κ2) is 9.76. The highest BCUT2D eigenvalue weighted by atomic mass is 16.3. The third-order valence-corrected chi connectivity index (χ3v) is 3.14. The molecule has 0 heterocycles. The standard InChI is InChI=1S/C17H26O/c1-2-3-4-5-6-7-8-9-10-11-16-12-14-17(18)15-13-16/h4-5,12-15,18H,2-3,6-11H2,1H3. The van der Waals surface area contributed by atoms with Crippen LogP contribution >= 0.6 is 0 Å². The maximum Gasteiger partial charge on any atom is 0.115 e. The summed E-state index contributed by atoms with van der Waals surface area (Å²) in [6.07, 6.45) is 14.7. The predicted octanol–water partition coefficient (Wildman–Crippen LogP) is 5.24. The molecule has 0 radical (unpaired) electrons. The van der Waals surface area contributed by atoms with Gasteiger partial charge >= 0.3 is 0 Å². The van der Waals surface area contributed by atoms with Crippen LogP contribution in [0.3, 0.4) is 0 Å². The van der Waals surface area contributed by atoms with Crippen LogP contribution in [0, 0.1) is 0 Å². The van der Waals surface area contributed by atoms with E-state index in [2.05, 4.69) is 19.1 Å². The second-order valence-corrected chi connectivity index (χ2v) is 4.88. The van der Waals surface area contributed by atoms with Crippen molar-refractivity contribution >= 4 is 0 Å². The first kappa shape index (κ1) is 14.8. The number of hydrogen-bond donors (Lipinski definition) is 1. The van der Waals surface area contributed by atoms with E-state index >= 15 is 0 Å². The average molecular weight is 246 g/mol. The van der Waals surface area contributed by atoms with Crippen molar-refractivity contribution in [3.8, 4) is 5.75 Å². The first-order valence-corrected chi connectivity index (χ1v) is 7.26. The lowest BCUT2D eigenvalue weighted by Gasteiger charge is -2.01. The molecular weight excluding hydrogens is 220 g/mol. The normalized spacial score (nSPS) is 11.2. The van der Waals surface area contributed by atoms with E-state index in [1.54, 1.807) is 12.1 Å². The molecule has 18 heavy (non-hydrogen) atoms. The van der Waals surface area contributed by atoms with E-state index in [0.29, 0.717) is 5.75 Å². The number of unbranched alkanes of at least 4 members (excludes halogenated alkanes) is 5. The molecule has 0 fully saturated rings. The SMILES string of the molecule is CCCC=CCCCCCCc1ccc(O)cc1. The fraction of sp³-hybridized carbons (Fsp3) is 0.529. The molecule has 0 aliphatic rings. The number of allylic oxidation sites excluding steroid dienone is 2. The molecule has 0 bridgehead atoms. The predicted molar refractivity (Wildman–Crippen MR) is 78.9 cm³/mol. The first-order valence-electron chi connectivity index (χ1n) is 7.26. The third kappa shape index (κ3) is 7.16. The van der Waals surface area contributed by atoms with Gasteiger partial charge in [-0.2, -0.15) is 0 Å². The highest BCUT2D eigenvalue weighted by molar-refractivity contribution is 5.25.